The van der Waals surface area contributed by atoms with Crippen LogP contribution in [0.15, 0.2) is 12.1 Å². The van der Waals surface area contributed by atoms with Gasteiger partial charge in [-0.2, -0.15) is 0 Å². The van der Waals surface area contributed by atoms with Crippen LogP contribution in [0.2, 0.25) is 5.02 Å². The Morgan fingerprint density at radius 2 is 2.07 bits per heavy atom. The highest BCUT2D eigenvalue weighted by Gasteiger charge is 2.28. The van der Waals surface area contributed by atoms with Crippen molar-refractivity contribution in [1.29, 1.82) is 0 Å². The Morgan fingerprint density at radius 1 is 1.36 bits per heavy atom. The summed E-state index contributed by atoms with van der Waals surface area (Å²) in [7, 11) is 0. The predicted octanol–water partition coefficient (Wildman–Crippen LogP) is 2.38. The highest BCUT2D eigenvalue weighted by atomic mass is 35.5. The van der Waals surface area contributed by atoms with E-state index in [1.54, 1.807) is 0 Å². The second-order valence-corrected chi connectivity index (χ2v) is 3.57. The van der Waals surface area contributed by atoms with Crippen molar-refractivity contribution in [3.8, 4) is 0 Å². The monoisotopic (exact) mass is 211 g/mol. The molecule has 4 nitrogen and oxygen atoms in total. The standard InChI is InChI=1S/C9H6ClNO3/c10-5-3-7-6(1-2-9(7)12)8(4-5)11(13)14/h3-4H,1-2H2. The molecule has 72 valence electrons. The fourth-order valence-corrected chi connectivity index (χ4v) is 1.88. The lowest BCUT2D eigenvalue weighted by molar-refractivity contribution is -0.385. The number of halogens is 1. The molecule has 5 heteroatoms. The molecule has 0 spiro atoms. The number of nitro groups is 1. The zero-order chi connectivity index (χ0) is 10.3. The SMILES string of the molecule is O=C1CCc2c1cc(Cl)cc2[N+](=O)[O-]. The van der Waals surface area contributed by atoms with E-state index in [1.165, 1.54) is 12.1 Å². The van der Waals surface area contributed by atoms with E-state index in [1.807, 2.05) is 0 Å². The molecule has 1 aliphatic carbocycles. The number of Topliss-reactive ketones (excluding diaryl/α,β-unsaturated/α-hetero) is 1. The summed E-state index contributed by atoms with van der Waals surface area (Å²) in [5.74, 6) is -0.0643. The van der Waals surface area contributed by atoms with Gasteiger partial charge in [0.15, 0.2) is 5.78 Å². The van der Waals surface area contributed by atoms with Gasteiger partial charge in [-0.15, -0.1) is 0 Å². The quantitative estimate of drug-likeness (QED) is 0.529. The summed E-state index contributed by atoms with van der Waals surface area (Å²) >= 11 is 5.68. The number of hydrogen-bond acceptors (Lipinski definition) is 3. The van der Waals surface area contributed by atoms with Crippen LogP contribution in [0.5, 0.6) is 0 Å². The Bertz CT molecular complexity index is 442. The van der Waals surface area contributed by atoms with Gasteiger partial charge in [0.05, 0.1) is 4.92 Å². The van der Waals surface area contributed by atoms with Crippen LogP contribution in [0.25, 0.3) is 0 Å². The minimum atomic E-state index is -0.497. The number of rotatable bonds is 1. The van der Waals surface area contributed by atoms with Gasteiger partial charge < -0.3 is 0 Å². The Morgan fingerprint density at radius 3 is 2.71 bits per heavy atom. The minimum Gasteiger partial charge on any atom is -0.294 e. The zero-order valence-electron chi connectivity index (χ0n) is 7.12. The van der Waals surface area contributed by atoms with Gasteiger partial charge in [-0.1, -0.05) is 11.6 Å². The molecule has 0 amide bonds. The van der Waals surface area contributed by atoms with Crippen molar-refractivity contribution in [2.45, 2.75) is 12.8 Å². The number of carbonyl (C=O) groups excluding carboxylic acids is 1. The molecule has 0 radical (unpaired) electrons. The molecule has 2 rings (SSSR count). The molecule has 0 heterocycles. The number of benzene rings is 1. The lowest BCUT2D eigenvalue weighted by atomic mass is 10.1. The van der Waals surface area contributed by atoms with Crippen LogP contribution in [0.1, 0.15) is 22.3 Å². The number of hydrogen-bond donors (Lipinski definition) is 0. The van der Waals surface area contributed by atoms with Gasteiger partial charge in [-0.05, 0) is 12.5 Å². The Balaban J connectivity index is 2.69. The number of fused-ring (bicyclic) bond motifs is 1. The van der Waals surface area contributed by atoms with Gasteiger partial charge in [-0.25, -0.2) is 0 Å². The van der Waals surface area contributed by atoms with Crippen LogP contribution in [0.3, 0.4) is 0 Å². The molecular formula is C9H6ClNO3. The molecular weight excluding hydrogens is 206 g/mol. The number of carbonyl (C=O) groups is 1. The molecule has 0 aromatic heterocycles. The summed E-state index contributed by atoms with van der Waals surface area (Å²) < 4.78 is 0. The summed E-state index contributed by atoms with van der Waals surface area (Å²) in [5, 5.41) is 10.9. The first-order valence-electron chi connectivity index (χ1n) is 4.09. The normalized spacial score (nSPS) is 14.2. The third-order valence-electron chi connectivity index (χ3n) is 2.29. The van der Waals surface area contributed by atoms with E-state index in [0.29, 0.717) is 24.0 Å². The molecule has 0 aliphatic heterocycles. The first-order chi connectivity index (χ1) is 6.59. The Hall–Kier alpha value is -1.42. The summed E-state index contributed by atoms with van der Waals surface area (Å²) in [5.41, 5.74) is 0.881. The zero-order valence-corrected chi connectivity index (χ0v) is 7.87. The summed E-state index contributed by atoms with van der Waals surface area (Å²) in [4.78, 5) is 21.5. The maximum Gasteiger partial charge on any atom is 0.274 e. The van der Waals surface area contributed by atoms with Crippen LogP contribution >= 0.6 is 11.6 Å². The summed E-state index contributed by atoms with van der Waals surface area (Å²) in [6.07, 6.45) is 0.790. The highest BCUT2D eigenvalue weighted by molar-refractivity contribution is 6.31. The molecule has 0 fully saturated rings. The van der Waals surface area contributed by atoms with E-state index >= 15 is 0 Å². The maximum absolute atomic E-state index is 11.3. The molecule has 0 saturated heterocycles. The first-order valence-corrected chi connectivity index (χ1v) is 4.47. The van der Waals surface area contributed by atoms with E-state index in [9.17, 15) is 14.9 Å². The van der Waals surface area contributed by atoms with Crippen molar-refractivity contribution in [2.75, 3.05) is 0 Å². The van der Waals surface area contributed by atoms with Crippen molar-refractivity contribution in [1.82, 2.24) is 0 Å². The van der Waals surface area contributed by atoms with Gasteiger partial charge in [0.25, 0.3) is 5.69 Å². The molecule has 0 bridgehead atoms. The lowest BCUT2D eigenvalue weighted by Crippen LogP contribution is -1.96. The second-order valence-electron chi connectivity index (χ2n) is 3.13. The van der Waals surface area contributed by atoms with Gasteiger partial charge in [0, 0.05) is 28.6 Å². The molecule has 0 atom stereocenters. The maximum atomic E-state index is 11.3. The van der Waals surface area contributed by atoms with E-state index in [4.69, 9.17) is 11.6 Å². The van der Waals surface area contributed by atoms with Crippen molar-refractivity contribution >= 4 is 23.1 Å². The van der Waals surface area contributed by atoms with Crippen LogP contribution in [-0.4, -0.2) is 10.7 Å². The molecule has 1 aromatic carbocycles. The van der Waals surface area contributed by atoms with Crippen molar-refractivity contribution in [3.05, 3.63) is 38.4 Å². The third kappa shape index (κ3) is 1.28. The van der Waals surface area contributed by atoms with Crippen molar-refractivity contribution in [2.24, 2.45) is 0 Å². The lowest BCUT2D eigenvalue weighted by Gasteiger charge is -2.00. The topological polar surface area (TPSA) is 60.2 Å². The first kappa shape index (κ1) is 9.15. The van der Waals surface area contributed by atoms with Gasteiger partial charge in [0.1, 0.15) is 0 Å². The van der Waals surface area contributed by atoms with Crippen molar-refractivity contribution in [3.63, 3.8) is 0 Å². The largest absolute Gasteiger partial charge is 0.294 e. The van der Waals surface area contributed by atoms with Crippen LogP contribution in [-0.2, 0) is 6.42 Å². The molecule has 14 heavy (non-hydrogen) atoms. The van der Waals surface area contributed by atoms with Gasteiger partial charge in [0.2, 0.25) is 0 Å². The van der Waals surface area contributed by atoms with E-state index in [2.05, 4.69) is 0 Å². The smallest absolute Gasteiger partial charge is 0.274 e. The summed E-state index contributed by atoms with van der Waals surface area (Å²) in [6.45, 7) is 0. The number of ketones is 1. The van der Waals surface area contributed by atoms with Gasteiger partial charge in [-0.3, -0.25) is 14.9 Å². The fraction of sp³-hybridized carbons (Fsp3) is 0.222. The molecule has 0 saturated carbocycles. The molecule has 1 aliphatic rings. The fourth-order valence-electron chi connectivity index (χ4n) is 1.67. The Kier molecular flexibility index (Phi) is 2.00. The second kappa shape index (κ2) is 3.06. The van der Waals surface area contributed by atoms with Crippen molar-refractivity contribution < 1.29 is 9.72 Å². The van der Waals surface area contributed by atoms with E-state index in [0.717, 1.165) is 0 Å². The van der Waals surface area contributed by atoms with E-state index in [-0.39, 0.29) is 16.5 Å². The number of nitrogens with zero attached hydrogens (tertiary/aromatic N) is 1. The summed E-state index contributed by atoms with van der Waals surface area (Å²) in [6, 6.07) is 2.79. The molecule has 0 N–H and O–H groups in total. The van der Waals surface area contributed by atoms with Crippen LogP contribution in [0, 0.1) is 10.1 Å². The Labute approximate surface area is 84.6 Å². The third-order valence-corrected chi connectivity index (χ3v) is 2.51. The molecule has 1 aromatic rings. The van der Waals surface area contributed by atoms with Crippen LogP contribution in [0.4, 0.5) is 5.69 Å². The number of nitro benzene ring substituents is 1. The average molecular weight is 212 g/mol. The van der Waals surface area contributed by atoms with E-state index < -0.39 is 4.92 Å². The minimum absolute atomic E-state index is 0.0432. The predicted molar refractivity (Wildman–Crippen MR) is 50.8 cm³/mol. The average Bonchev–Trinajstić information content (AvgIpc) is 2.47. The van der Waals surface area contributed by atoms with Crippen LogP contribution < -0.4 is 0 Å². The molecule has 0 unspecified atom stereocenters. The van der Waals surface area contributed by atoms with Gasteiger partial charge >= 0.3 is 0 Å². The highest BCUT2D eigenvalue weighted by Crippen LogP contribution is 2.33.